The Hall–Kier alpha value is -3.60. The lowest BCUT2D eigenvalue weighted by molar-refractivity contribution is -0.158. The van der Waals surface area contributed by atoms with Gasteiger partial charge in [-0.15, -0.1) is 24.0 Å². The van der Waals surface area contributed by atoms with Crippen LogP contribution in [0.3, 0.4) is 0 Å². The zero-order chi connectivity index (χ0) is 30.3. The zero-order valence-corrected chi connectivity index (χ0v) is 26.5. The Morgan fingerprint density at radius 1 is 1.12 bits per heavy atom. The fourth-order valence-electron chi connectivity index (χ4n) is 4.90. The number of carbonyl (C=O) groups is 2. The molecule has 4 rings (SSSR count). The molecular formula is C31H39Cl2N5O5. The van der Waals surface area contributed by atoms with Crippen molar-refractivity contribution in [3.8, 4) is 5.75 Å². The predicted molar refractivity (Wildman–Crippen MR) is 171 cm³/mol. The van der Waals surface area contributed by atoms with Gasteiger partial charge >= 0.3 is 5.97 Å². The minimum absolute atomic E-state index is 0. The molecule has 2 heterocycles. The van der Waals surface area contributed by atoms with Crippen LogP contribution in [0.5, 0.6) is 5.75 Å². The van der Waals surface area contributed by atoms with Crippen molar-refractivity contribution in [3.63, 3.8) is 0 Å². The topological polar surface area (TPSA) is 122 Å². The number of nitrogen functional groups attached to an aromatic ring is 1. The smallest absolute Gasteiger partial charge is 0.349 e. The Labute approximate surface area is 262 Å². The quantitative estimate of drug-likeness (QED) is 0.150. The molecule has 232 valence electrons. The first-order valence-corrected chi connectivity index (χ1v) is 14.5. The highest BCUT2D eigenvalue weighted by Crippen LogP contribution is 2.29. The summed E-state index contributed by atoms with van der Waals surface area (Å²) in [5, 5.41) is 0.967. The Balaban J connectivity index is 0.00000506. The average Bonchev–Trinajstić information content (AvgIpc) is 3.34. The summed E-state index contributed by atoms with van der Waals surface area (Å²) in [5.41, 5.74) is 8.40. The van der Waals surface area contributed by atoms with Crippen molar-refractivity contribution in [2.24, 2.45) is 0 Å². The van der Waals surface area contributed by atoms with E-state index in [-0.39, 0.29) is 30.8 Å². The number of para-hydroxylation sites is 1. The number of rotatable bonds is 14. The first-order chi connectivity index (χ1) is 20.2. The minimum atomic E-state index is -1.16. The number of aryl methyl sites for hydroxylation is 1. The number of esters is 1. The monoisotopic (exact) mass is 631 g/mol. The Morgan fingerprint density at radius 3 is 2.60 bits per heavy atom. The third-order valence-electron chi connectivity index (χ3n) is 6.91. The highest BCUT2D eigenvalue weighted by Gasteiger charge is 2.31. The summed E-state index contributed by atoms with van der Waals surface area (Å²) < 4.78 is 18.6. The van der Waals surface area contributed by atoms with E-state index in [4.69, 9.17) is 36.5 Å². The van der Waals surface area contributed by atoms with E-state index in [2.05, 4.69) is 9.55 Å². The van der Waals surface area contributed by atoms with Crippen LogP contribution in [0.1, 0.15) is 38.6 Å². The summed E-state index contributed by atoms with van der Waals surface area (Å²) in [7, 11) is 1.66. The van der Waals surface area contributed by atoms with Crippen molar-refractivity contribution in [3.05, 3.63) is 59.9 Å². The molecule has 4 aromatic rings. The number of alkyl halides is 1. The Bertz CT molecular complexity index is 1560. The average molecular weight is 633 g/mol. The fraction of sp³-hybridized carbons (Fsp3) is 0.419. The molecule has 0 saturated carbocycles. The van der Waals surface area contributed by atoms with E-state index in [9.17, 15) is 9.59 Å². The zero-order valence-electron chi connectivity index (χ0n) is 25.0. The molecule has 0 atom stereocenters. The van der Waals surface area contributed by atoms with E-state index in [1.165, 1.54) is 0 Å². The van der Waals surface area contributed by atoms with Crippen molar-refractivity contribution in [2.45, 2.75) is 52.3 Å². The van der Waals surface area contributed by atoms with E-state index < -0.39 is 11.6 Å². The molecule has 2 aromatic heterocycles. The molecule has 0 radical (unpaired) electrons. The van der Waals surface area contributed by atoms with Crippen LogP contribution in [0.15, 0.2) is 48.5 Å². The summed E-state index contributed by atoms with van der Waals surface area (Å²) >= 11 is 6.00. The molecule has 2 aromatic carbocycles. The summed E-state index contributed by atoms with van der Waals surface area (Å²) in [6.45, 7) is 7.26. The van der Waals surface area contributed by atoms with Gasteiger partial charge in [-0.2, -0.15) is 0 Å². The second kappa shape index (κ2) is 15.2. The van der Waals surface area contributed by atoms with Gasteiger partial charge in [0.2, 0.25) is 5.91 Å². The van der Waals surface area contributed by atoms with E-state index in [0.29, 0.717) is 56.2 Å². The molecule has 0 aliphatic rings. The van der Waals surface area contributed by atoms with E-state index >= 15 is 0 Å². The maximum Gasteiger partial charge on any atom is 0.349 e. The fourth-order valence-corrected chi connectivity index (χ4v) is 5.06. The van der Waals surface area contributed by atoms with Crippen LogP contribution in [0.2, 0.25) is 0 Å². The van der Waals surface area contributed by atoms with Crippen LogP contribution in [-0.4, -0.2) is 69.7 Å². The third-order valence-corrected chi connectivity index (χ3v) is 7.14. The van der Waals surface area contributed by atoms with Crippen molar-refractivity contribution in [1.29, 1.82) is 0 Å². The van der Waals surface area contributed by atoms with Gasteiger partial charge in [-0.1, -0.05) is 30.3 Å². The van der Waals surface area contributed by atoms with Gasteiger partial charge in [-0.25, -0.2) is 14.8 Å². The lowest BCUT2D eigenvalue weighted by Gasteiger charge is -2.25. The molecule has 1 amide bonds. The molecule has 0 spiro atoms. The maximum atomic E-state index is 12.9. The number of amides is 1. The number of benzene rings is 2. The molecule has 0 unspecified atom stereocenters. The third kappa shape index (κ3) is 8.07. The first-order valence-electron chi connectivity index (χ1n) is 14.0. The number of halogens is 2. The van der Waals surface area contributed by atoms with Gasteiger partial charge in [0.25, 0.3) is 0 Å². The SMILES string of the molecule is CCOC(=O)C(C)(C)Oc1cccc(CN(CCCn2c(CCOC)nc3c(N)nc4ccccc4c32)C(=O)CCl)c1.Cl. The van der Waals surface area contributed by atoms with E-state index in [0.717, 1.165) is 27.8 Å². The predicted octanol–water partition coefficient (Wildman–Crippen LogP) is 5.16. The lowest BCUT2D eigenvalue weighted by atomic mass is 10.1. The number of imidazole rings is 1. The van der Waals surface area contributed by atoms with Gasteiger partial charge in [0, 0.05) is 38.6 Å². The van der Waals surface area contributed by atoms with E-state index in [1.54, 1.807) is 38.8 Å². The summed E-state index contributed by atoms with van der Waals surface area (Å²) in [4.78, 5) is 36.3. The standard InChI is InChI=1S/C31H38ClN5O5.ClH/c1-5-41-30(39)31(2,3)42-22-11-8-10-21(18-22)20-36(26(38)19-32)15-9-16-37-25(14-17-40-4)35-27-28(37)23-12-6-7-13-24(23)34-29(27)33;/h6-8,10-13,18H,5,9,14-17,19-20H2,1-4H3,(H2,33,34);1H. The normalized spacial score (nSPS) is 11.4. The van der Waals surface area contributed by atoms with Crippen LogP contribution in [-0.2, 0) is 38.6 Å². The van der Waals surface area contributed by atoms with Crippen LogP contribution in [0, 0.1) is 0 Å². The summed E-state index contributed by atoms with van der Waals surface area (Å²) in [6, 6.07) is 15.2. The van der Waals surface area contributed by atoms with Gasteiger partial charge < -0.3 is 29.4 Å². The van der Waals surface area contributed by atoms with Crippen LogP contribution in [0.25, 0.3) is 21.9 Å². The largest absolute Gasteiger partial charge is 0.476 e. The van der Waals surface area contributed by atoms with E-state index in [1.807, 2.05) is 42.5 Å². The van der Waals surface area contributed by atoms with Gasteiger partial charge in [0.1, 0.15) is 23.0 Å². The van der Waals surface area contributed by atoms with Crippen LogP contribution < -0.4 is 10.5 Å². The maximum absolute atomic E-state index is 12.9. The van der Waals surface area contributed by atoms with Crippen molar-refractivity contribution >= 4 is 63.6 Å². The van der Waals surface area contributed by atoms with Gasteiger partial charge in [-0.3, -0.25) is 4.79 Å². The number of fused-ring (bicyclic) bond motifs is 3. The van der Waals surface area contributed by atoms with Gasteiger partial charge in [-0.05, 0) is 51.0 Å². The number of pyridine rings is 1. The molecule has 10 nitrogen and oxygen atoms in total. The molecule has 0 saturated heterocycles. The number of carbonyl (C=O) groups excluding carboxylic acids is 2. The summed E-state index contributed by atoms with van der Waals surface area (Å²) in [5.74, 6) is 0.982. The number of anilines is 1. The number of nitrogens with zero attached hydrogens (tertiary/aromatic N) is 4. The first kappa shape index (κ1) is 33.9. The highest BCUT2D eigenvalue weighted by molar-refractivity contribution is 6.27. The van der Waals surface area contributed by atoms with Crippen molar-refractivity contribution in [2.75, 3.05) is 38.5 Å². The van der Waals surface area contributed by atoms with Crippen LogP contribution >= 0.6 is 24.0 Å². The molecule has 0 aliphatic carbocycles. The Morgan fingerprint density at radius 2 is 1.88 bits per heavy atom. The number of ether oxygens (including phenoxy) is 3. The number of nitrogens with two attached hydrogens (primary N) is 1. The molecule has 0 fully saturated rings. The molecule has 0 bridgehead atoms. The second-order valence-corrected chi connectivity index (χ2v) is 10.7. The number of aromatic nitrogens is 3. The molecule has 0 aliphatic heterocycles. The number of methoxy groups -OCH3 is 1. The lowest BCUT2D eigenvalue weighted by Crippen LogP contribution is -2.39. The second-order valence-electron chi connectivity index (χ2n) is 10.4. The molecule has 12 heteroatoms. The molecule has 2 N–H and O–H groups in total. The van der Waals surface area contributed by atoms with Crippen molar-refractivity contribution in [1.82, 2.24) is 19.4 Å². The van der Waals surface area contributed by atoms with Crippen molar-refractivity contribution < 1.29 is 23.8 Å². The van der Waals surface area contributed by atoms with Crippen LogP contribution in [0.4, 0.5) is 5.82 Å². The highest BCUT2D eigenvalue weighted by atomic mass is 35.5. The number of hydrogen-bond acceptors (Lipinski definition) is 8. The Kier molecular flexibility index (Phi) is 12.0. The minimum Gasteiger partial charge on any atom is -0.476 e. The molecular weight excluding hydrogens is 593 g/mol. The van der Waals surface area contributed by atoms with Gasteiger partial charge in [0.05, 0.1) is 24.2 Å². The summed E-state index contributed by atoms with van der Waals surface area (Å²) in [6.07, 6.45) is 1.26. The van der Waals surface area contributed by atoms with Gasteiger partial charge in [0.15, 0.2) is 11.4 Å². The molecule has 43 heavy (non-hydrogen) atoms. The number of hydrogen-bond donors (Lipinski definition) is 1.